The number of carboxylic acids is 1. The summed E-state index contributed by atoms with van der Waals surface area (Å²) in [5, 5.41) is 49.7. The van der Waals surface area contributed by atoms with Crippen LogP contribution >= 0.6 is 0 Å². The van der Waals surface area contributed by atoms with Crippen molar-refractivity contribution in [2.24, 2.45) is 0 Å². The third kappa shape index (κ3) is 3.95. The zero-order chi connectivity index (χ0) is 19.6. The van der Waals surface area contributed by atoms with Crippen LogP contribution in [-0.2, 0) is 9.53 Å². The summed E-state index contributed by atoms with van der Waals surface area (Å²) in [4.78, 5) is 10.9. The Morgan fingerprint density at radius 3 is 2.52 bits per heavy atom. The zero-order valence-corrected chi connectivity index (χ0v) is 14.2. The van der Waals surface area contributed by atoms with Crippen molar-refractivity contribution in [3.8, 4) is 5.75 Å². The highest BCUT2D eigenvalue weighted by Gasteiger charge is 2.44. The van der Waals surface area contributed by atoms with Gasteiger partial charge in [-0.05, 0) is 22.9 Å². The molecule has 0 radical (unpaired) electrons. The molecule has 5 atom stereocenters. The summed E-state index contributed by atoms with van der Waals surface area (Å²) in [7, 11) is 0. The Morgan fingerprint density at radius 2 is 1.81 bits per heavy atom. The van der Waals surface area contributed by atoms with Crippen LogP contribution in [-0.4, -0.2) is 68.8 Å². The van der Waals surface area contributed by atoms with Crippen molar-refractivity contribution in [1.29, 1.82) is 0 Å². The Kier molecular flexibility index (Phi) is 5.73. The first-order valence-corrected chi connectivity index (χ1v) is 8.32. The third-order valence-electron chi connectivity index (χ3n) is 4.41. The molecule has 3 unspecified atom stereocenters. The first-order chi connectivity index (χ1) is 12.9. The van der Waals surface area contributed by atoms with Gasteiger partial charge in [0.05, 0.1) is 6.61 Å². The smallest absolute Gasteiger partial charge is 0.328 e. The topological polar surface area (TPSA) is 137 Å². The number of aliphatic hydroxyl groups is 4. The molecule has 0 saturated carbocycles. The molecule has 1 fully saturated rings. The van der Waals surface area contributed by atoms with Crippen LogP contribution in [0.1, 0.15) is 5.56 Å². The molecule has 0 aliphatic carbocycles. The molecule has 144 valence electrons. The Labute approximate surface area is 154 Å². The lowest BCUT2D eigenvalue weighted by molar-refractivity contribution is -0.277. The first-order valence-electron chi connectivity index (χ1n) is 8.32. The van der Waals surface area contributed by atoms with E-state index in [1.54, 1.807) is 24.3 Å². The molecule has 3 rings (SSSR count). The molecule has 8 nitrogen and oxygen atoms in total. The molecule has 0 bridgehead atoms. The van der Waals surface area contributed by atoms with Gasteiger partial charge in [0.1, 0.15) is 30.2 Å². The van der Waals surface area contributed by atoms with E-state index in [-0.39, 0.29) is 5.75 Å². The quantitative estimate of drug-likeness (QED) is 0.464. The van der Waals surface area contributed by atoms with E-state index in [0.717, 1.165) is 16.8 Å². The second-order valence-electron chi connectivity index (χ2n) is 6.19. The highest BCUT2D eigenvalue weighted by atomic mass is 16.7. The second kappa shape index (κ2) is 8.03. The van der Waals surface area contributed by atoms with Crippen LogP contribution in [0.3, 0.4) is 0 Å². The highest BCUT2D eigenvalue weighted by molar-refractivity contribution is 5.96. The molecule has 1 aliphatic heterocycles. The van der Waals surface area contributed by atoms with Crippen molar-refractivity contribution in [3.05, 3.63) is 48.0 Å². The Morgan fingerprint density at radius 1 is 1.07 bits per heavy atom. The predicted molar refractivity (Wildman–Crippen MR) is 95.0 cm³/mol. The van der Waals surface area contributed by atoms with E-state index in [0.29, 0.717) is 5.56 Å². The van der Waals surface area contributed by atoms with Crippen molar-refractivity contribution < 1.29 is 39.8 Å². The molecule has 1 heterocycles. The van der Waals surface area contributed by atoms with Crippen LogP contribution in [0.4, 0.5) is 0 Å². The van der Waals surface area contributed by atoms with Gasteiger partial charge in [-0.25, -0.2) is 4.79 Å². The average molecular weight is 376 g/mol. The van der Waals surface area contributed by atoms with Crippen molar-refractivity contribution in [2.75, 3.05) is 6.61 Å². The fourth-order valence-electron chi connectivity index (χ4n) is 2.99. The number of aliphatic hydroxyl groups excluding tert-OH is 4. The number of hydrogen-bond acceptors (Lipinski definition) is 7. The fraction of sp³-hybridized carbons (Fsp3) is 0.316. The first kappa shape index (κ1) is 19.3. The number of aliphatic carboxylic acids is 1. The van der Waals surface area contributed by atoms with Crippen molar-refractivity contribution in [3.63, 3.8) is 0 Å². The van der Waals surface area contributed by atoms with Crippen LogP contribution in [0.25, 0.3) is 16.8 Å². The van der Waals surface area contributed by atoms with E-state index < -0.39 is 43.3 Å². The summed E-state index contributed by atoms with van der Waals surface area (Å²) < 4.78 is 11.0. The van der Waals surface area contributed by atoms with E-state index in [2.05, 4.69) is 0 Å². The molecule has 5 N–H and O–H groups in total. The van der Waals surface area contributed by atoms with Crippen LogP contribution in [0, 0.1) is 0 Å². The second-order valence-corrected chi connectivity index (χ2v) is 6.19. The average Bonchev–Trinajstić information content (AvgIpc) is 2.67. The molecule has 0 amide bonds. The van der Waals surface area contributed by atoms with Gasteiger partial charge < -0.3 is 35.0 Å². The summed E-state index contributed by atoms with van der Waals surface area (Å²) in [5.41, 5.74) is 0.451. The van der Waals surface area contributed by atoms with Gasteiger partial charge >= 0.3 is 5.97 Å². The third-order valence-corrected chi connectivity index (χ3v) is 4.41. The number of rotatable bonds is 5. The molecule has 0 spiro atoms. The van der Waals surface area contributed by atoms with Crippen LogP contribution in [0.5, 0.6) is 5.75 Å². The number of hydrogen-bond donors (Lipinski definition) is 5. The van der Waals surface area contributed by atoms with Gasteiger partial charge in [-0.3, -0.25) is 0 Å². The lowest BCUT2D eigenvalue weighted by Gasteiger charge is -2.39. The Hall–Kier alpha value is -2.49. The van der Waals surface area contributed by atoms with E-state index in [4.69, 9.17) is 14.6 Å². The highest BCUT2D eigenvalue weighted by Crippen LogP contribution is 2.32. The lowest BCUT2D eigenvalue weighted by Crippen LogP contribution is -2.60. The maximum Gasteiger partial charge on any atom is 0.328 e. The number of benzene rings is 2. The molecule has 1 aliphatic rings. The summed E-state index contributed by atoms with van der Waals surface area (Å²) in [6, 6.07) is 10.6. The molecule has 2 aromatic rings. The molecular formula is C19H20O8. The molecule has 8 heteroatoms. The van der Waals surface area contributed by atoms with E-state index in [9.17, 15) is 25.2 Å². The molecule has 2 aromatic carbocycles. The van der Waals surface area contributed by atoms with Gasteiger partial charge in [0, 0.05) is 11.6 Å². The van der Waals surface area contributed by atoms with Crippen LogP contribution < -0.4 is 4.74 Å². The SMILES string of the molecule is O=C(O)/C=C/c1c(O[C@H]2OC(CO)[C@@H](O)C(O)C2O)ccc2ccccc12. The maximum atomic E-state index is 10.9. The molecular weight excluding hydrogens is 356 g/mol. The number of ether oxygens (including phenoxy) is 2. The standard InChI is InChI=1S/C19H20O8/c20-9-14-16(23)17(24)18(25)19(27-14)26-13-7-5-10-3-1-2-4-11(10)12(13)6-8-15(21)22/h1-8,14,16-20,23-25H,9H2,(H,21,22)/b8-6+/t14?,16-,17?,18?,19+/m1/s1. The lowest BCUT2D eigenvalue weighted by atomic mass is 9.99. The van der Waals surface area contributed by atoms with E-state index in [1.165, 1.54) is 6.08 Å². The zero-order valence-electron chi connectivity index (χ0n) is 14.2. The van der Waals surface area contributed by atoms with E-state index >= 15 is 0 Å². The Balaban J connectivity index is 1.98. The minimum atomic E-state index is -1.57. The summed E-state index contributed by atoms with van der Waals surface area (Å²) >= 11 is 0. The number of carbonyl (C=O) groups is 1. The largest absolute Gasteiger partial charge is 0.478 e. The fourth-order valence-corrected chi connectivity index (χ4v) is 2.99. The number of fused-ring (bicyclic) bond motifs is 1. The Bertz CT molecular complexity index is 847. The molecule has 27 heavy (non-hydrogen) atoms. The minimum Gasteiger partial charge on any atom is -0.478 e. The van der Waals surface area contributed by atoms with Gasteiger partial charge in [0.2, 0.25) is 6.29 Å². The van der Waals surface area contributed by atoms with Crippen LogP contribution in [0.2, 0.25) is 0 Å². The molecule has 0 aromatic heterocycles. The van der Waals surface area contributed by atoms with Crippen molar-refractivity contribution in [2.45, 2.75) is 30.7 Å². The summed E-state index contributed by atoms with van der Waals surface area (Å²) in [6.45, 7) is -0.575. The molecule has 1 saturated heterocycles. The summed E-state index contributed by atoms with van der Waals surface area (Å²) in [5.74, 6) is -0.919. The van der Waals surface area contributed by atoms with Gasteiger partial charge in [0.25, 0.3) is 0 Å². The normalized spacial score (nSPS) is 28.5. The van der Waals surface area contributed by atoms with Crippen molar-refractivity contribution in [1.82, 2.24) is 0 Å². The van der Waals surface area contributed by atoms with Gasteiger partial charge in [-0.2, -0.15) is 0 Å². The summed E-state index contributed by atoms with van der Waals surface area (Å²) in [6.07, 6.45) is -4.77. The van der Waals surface area contributed by atoms with Gasteiger partial charge in [-0.1, -0.05) is 30.3 Å². The van der Waals surface area contributed by atoms with Gasteiger partial charge in [0.15, 0.2) is 0 Å². The predicted octanol–water partition coefficient (Wildman–Crippen LogP) is 0.116. The van der Waals surface area contributed by atoms with Gasteiger partial charge in [-0.15, -0.1) is 0 Å². The van der Waals surface area contributed by atoms with E-state index in [1.807, 2.05) is 12.1 Å². The van der Waals surface area contributed by atoms with Crippen LogP contribution in [0.15, 0.2) is 42.5 Å². The number of carboxylic acid groups (broad SMARTS) is 1. The minimum absolute atomic E-state index is 0.218. The maximum absolute atomic E-state index is 10.9. The monoisotopic (exact) mass is 376 g/mol. The van der Waals surface area contributed by atoms with Crippen molar-refractivity contribution >= 4 is 22.8 Å².